The zero-order chi connectivity index (χ0) is 20.5. The minimum absolute atomic E-state index is 0.0703. The van der Waals surface area contributed by atoms with Crippen molar-refractivity contribution in [1.29, 1.82) is 0 Å². The summed E-state index contributed by atoms with van der Waals surface area (Å²) in [4.78, 5) is 18.7. The molecule has 0 spiro atoms. The number of fused-ring (bicyclic) bond motifs is 1. The Labute approximate surface area is 175 Å². The summed E-state index contributed by atoms with van der Waals surface area (Å²) >= 11 is 0. The molecule has 0 aliphatic carbocycles. The molecule has 0 bridgehead atoms. The lowest BCUT2D eigenvalue weighted by molar-refractivity contribution is 0.0902. The quantitative estimate of drug-likeness (QED) is 0.698. The number of likely N-dealkylation sites (tertiary alicyclic amines) is 1. The van der Waals surface area contributed by atoms with E-state index in [4.69, 9.17) is 4.74 Å². The van der Waals surface area contributed by atoms with E-state index in [9.17, 15) is 4.79 Å². The summed E-state index contributed by atoms with van der Waals surface area (Å²) in [5.41, 5.74) is 2.59. The monoisotopic (exact) mass is 408 g/mol. The van der Waals surface area contributed by atoms with E-state index in [2.05, 4.69) is 25.4 Å². The number of aromatic amines is 1. The Morgan fingerprint density at radius 3 is 2.90 bits per heavy atom. The van der Waals surface area contributed by atoms with Crippen molar-refractivity contribution in [1.82, 2.24) is 30.1 Å². The van der Waals surface area contributed by atoms with E-state index >= 15 is 0 Å². The second-order valence-corrected chi connectivity index (χ2v) is 8.45. The van der Waals surface area contributed by atoms with Crippen molar-refractivity contribution in [3.8, 4) is 0 Å². The van der Waals surface area contributed by atoms with Crippen LogP contribution in [0.25, 0.3) is 10.9 Å². The number of piperidine rings is 1. The number of pyridine rings is 1. The van der Waals surface area contributed by atoms with Gasteiger partial charge >= 0.3 is 0 Å². The first-order chi connectivity index (χ1) is 14.7. The van der Waals surface area contributed by atoms with E-state index < -0.39 is 0 Å². The number of rotatable bonds is 5. The fraction of sp³-hybridized carbons (Fsp3) is 0.545. The number of para-hydroxylation sites is 1. The molecule has 1 N–H and O–H groups in total. The van der Waals surface area contributed by atoms with Crippen LogP contribution in [-0.2, 0) is 11.3 Å². The molecule has 2 aliphatic heterocycles. The summed E-state index contributed by atoms with van der Waals surface area (Å²) < 4.78 is 7.65. The van der Waals surface area contributed by atoms with Crippen LogP contribution in [0, 0.1) is 6.92 Å². The van der Waals surface area contributed by atoms with Gasteiger partial charge in [0.15, 0.2) is 5.82 Å². The number of ether oxygens (including phenoxy) is 1. The lowest BCUT2D eigenvalue weighted by atomic mass is 9.99. The number of tetrazole rings is 1. The van der Waals surface area contributed by atoms with Crippen molar-refractivity contribution in [3.05, 3.63) is 51.6 Å². The molecular weight excluding hydrogens is 380 g/mol. The average molecular weight is 409 g/mol. The molecule has 2 aliphatic rings. The van der Waals surface area contributed by atoms with Crippen LogP contribution in [0.15, 0.2) is 29.1 Å². The van der Waals surface area contributed by atoms with E-state index in [-0.39, 0.29) is 17.7 Å². The van der Waals surface area contributed by atoms with Crippen LogP contribution in [0.3, 0.4) is 0 Å². The predicted molar refractivity (Wildman–Crippen MR) is 113 cm³/mol. The average Bonchev–Trinajstić information content (AvgIpc) is 3.43. The molecule has 8 heteroatoms. The molecule has 0 amide bonds. The van der Waals surface area contributed by atoms with Crippen molar-refractivity contribution in [2.24, 2.45) is 0 Å². The molecule has 1 aromatic carbocycles. The van der Waals surface area contributed by atoms with Crippen molar-refractivity contribution >= 4 is 10.9 Å². The summed E-state index contributed by atoms with van der Waals surface area (Å²) in [6.45, 7) is 5.30. The Kier molecular flexibility index (Phi) is 5.35. The zero-order valence-corrected chi connectivity index (χ0v) is 17.4. The first-order valence-corrected chi connectivity index (χ1v) is 10.9. The van der Waals surface area contributed by atoms with E-state index in [0.717, 1.165) is 67.7 Å². The molecule has 8 nitrogen and oxygen atoms in total. The van der Waals surface area contributed by atoms with Gasteiger partial charge in [-0.05, 0) is 73.1 Å². The van der Waals surface area contributed by atoms with Gasteiger partial charge in [-0.1, -0.05) is 24.6 Å². The van der Waals surface area contributed by atoms with Crippen molar-refractivity contribution in [3.63, 3.8) is 0 Å². The number of H-pyrrole nitrogens is 1. The third-order valence-electron chi connectivity index (χ3n) is 6.37. The van der Waals surface area contributed by atoms with Crippen molar-refractivity contribution in [2.45, 2.75) is 57.7 Å². The van der Waals surface area contributed by atoms with Gasteiger partial charge < -0.3 is 9.72 Å². The first-order valence-electron chi connectivity index (χ1n) is 10.9. The Morgan fingerprint density at radius 2 is 2.10 bits per heavy atom. The molecule has 3 aromatic rings. The summed E-state index contributed by atoms with van der Waals surface area (Å²) in [6, 6.07) is 7.84. The van der Waals surface area contributed by atoms with E-state index in [1.165, 1.54) is 6.42 Å². The number of hydrogen-bond donors (Lipinski definition) is 1. The van der Waals surface area contributed by atoms with Crippen molar-refractivity contribution < 1.29 is 4.74 Å². The highest BCUT2D eigenvalue weighted by atomic mass is 16.5. The van der Waals surface area contributed by atoms with Crippen LogP contribution < -0.4 is 5.56 Å². The third-order valence-corrected chi connectivity index (χ3v) is 6.37. The molecule has 0 saturated carbocycles. The molecule has 4 heterocycles. The Hall–Kier alpha value is -2.58. The molecule has 5 rings (SSSR count). The zero-order valence-electron chi connectivity index (χ0n) is 17.4. The van der Waals surface area contributed by atoms with Gasteiger partial charge in [-0.15, -0.1) is 5.10 Å². The summed E-state index contributed by atoms with van der Waals surface area (Å²) in [5.74, 6) is 0.727. The maximum atomic E-state index is 13.2. The molecule has 2 fully saturated rings. The molecule has 2 aromatic heterocycles. The van der Waals surface area contributed by atoms with Gasteiger partial charge in [-0.3, -0.25) is 9.69 Å². The van der Waals surface area contributed by atoms with Crippen LogP contribution in [-0.4, -0.2) is 55.9 Å². The van der Waals surface area contributed by atoms with Crippen molar-refractivity contribution in [2.75, 3.05) is 19.7 Å². The van der Waals surface area contributed by atoms with Crippen LogP contribution in [0.4, 0.5) is 0 Å². The highest BCUT2D eigenvalue weighted by molar-refractivity contribution is 5.82. The van der Waals surface area contributed by atoms with Crippen LogP contribution in [0.2, 0.25) is 0 Å². The highest BCUT2D eigenvalue weighted by Crippen LogP contribution is 2.30. The maximum absolute atomic E-state index is 13.2. The number of nitrogens with zero attached hydrogens (tertiary/aromatic N) is 5. The Morgan fingerprint density at radius 1 is 1.23 bits per heavy atom. The smallest absolute Gasteiger partial charge is 0.253 e. The molecule has 2 saturated heterocycles. The second kappa shape index (κ2) is 8.28. The first kappa shape index (κ1) is 19.4. The van der Waals surface area contributed by atoms with Gasteiger partial charge in [0.1, 0.15) is 6.04 Å². The topological polar surface area (TPSA) is 88.9 Å². The Bertz CT molecular complexity index is 1080. The third kappa shape index (κ3) is 3.65. The number of nitrogens with one attached hydrogen (secondary N) is 1. The summed E-state index contributed by atoms with van der Waals surface area (Å²) in [7, 11) is 0. The maximum Gasteiger partial charge on any atom is 0.253 e. The fourth-order valence-electron chi connectivity index (χ4n) is 4.80. The largest absolute Gasteiger partial charge is 0.376 e. The molecule has 2 atom stereocenters. The summed E-state index contributed by atoms with van der Waals surface area (Å²) in [6.07, 6.45) is 5.68. The van der Waals surface area contributed by atoms with E-state index in [1.807, 2.05) is 35.9 Å². The van der Waals surface area contributed by atoms with Gasteiger partial charge in [0.2, 0.25) is 0 Å². The second-order valence-electron chi connectivity index (χ2n) is 8.45. The molecule has 30 heavy (non-hydrogen) atoms. The molecule has 158 valence electrons. The molecule has 0 unspecified atom stereocenters. The fourth-order valence-corrected chi connectivity index (χ4v) is 4.80. The van der Waals surface area contributed by atoms with Crippen LogP contribution >= 0.6 is 0 Å². The lowest BCUT2D eigenvalue weighted by Gasteiger charge is -2.33. The van der Waals surface area contributed by atoms with Gasteiger partial charge in [0, 0.05) is 12.2 Å². The van der Waals surface area contributed by atoms with Crippen LogP contribution in [0.5, 0.6) is 0 Å². The molecule has 0 radical (unpaired) electrons. The van der Waals surface area contributed by atoms with Crippen LogP contribution in [0.1, 0.15) is 55.1 Å². The normalized spacial score (nSPS) is 21.3. The number of aryl methyl sites for hydroxylation is 1. The predicted octanol–water partition coefficient (Wildman–Crippen LogP) is 2.58. The number of hydrogen-bond acceptors (Lipinski definition) is 6. The molecular formula is C22H28N6O2. The number of benzene rings is 1. The Balaban J connectivity index is 1.60. The van der Waals surface area contributed by atoms with Gasteiger partial charge in [-0.25, -0.2) is 4.68 Å². The van der Waals surface area contributed by atoms with E-state index in [1.54, 1.807) is 0 Å². The SMILES string of the molecule is Cc1cccc2cc([C@@H](c3nnnn3C[C@H]3CCCO3)N3CCCCC3)c(=O)[nH]c12. The minimum Gasteiger partial charge on any atom is -0.376 e. The minimum atomic E-state index is -0.268. The van der Waals surface area contributed by atoms with E-state index in [0.29, 0.717) is 12.1 Å². The summed E-state index contributed by atoms with van der Waals surface area (Å²) in [5, 5.41) is 13.7. The van der Waals surface area contributed by atoms with Gasteiger partial charge in [0.25, 0.3) is 5.56 Å². The van der Waals surface area contributed by atoms with Gasteiger partial charge in [0.05, 0.1) is 18.2 Å². The lowest BCUT2D eigenvalue weighted by Crippen LogP contribution is -2.39. The van der Waals surface area contributed by atoms with Gasteiger partial charge in [-0.2, -0.15) is 0 Å². The standard InChI is InChI=1S/C22H28N6O2/c1-15-7-5-8-16-13-18(22(29)23-19(15)16)20(27-10-3-2-4-11-27)21-24-25-26-28(21)14-17-9-6-12-30-17/h5,7-8,13,17,20H,2-4,6,9-12,14H2,1H3,(H,23,29)/t17-,20+/m1/s1. The number of aromatic nitrogens is 5. The highest BCUT2D eigenvalue weighted by Gasteiger charge is 2.32.